The summed E-state index contributed by atoms with van der Waals surface area (Å²) in [7, 11) is 0. The highest BCUT2D eigenvalue weighted by Gasteiger charge is 2.13. The second kappa shape index (κ2) is 8.34. The topological polar surface area (TPSA) is 66.4 Å². The Balaban J connectivity index is 1.85. The van der Waals surface area contributed by atoms with Gasteiger partial charge < -0.3 is 10.4 Å². The molecule has 1 amide bonds. The third kappa shape index (κ3) is 4.84. The Morgan fingerprint density at radius 2 is 1.67 bits per heavy atom. The van der Waals surface area contributed by atoms with E-state index >= 15 is 0 Å². The number of halogens is 1. The lowest BCUT2D eigenvalue weighted by Crippen LogP contribution is -2.12. The maximum Gasteiger partial charge on any atom is 0.337 e. The number of rotatable bonds is 5. The van der Waals surface area contributed by atoms with Gasteiger partial charge in [0.1, 0.15) is 0 Å². The number of anilines is 1. The van der Waals surface area contributed by atoms with Crippen LogP contribution in [0.25, 0.3) is 17.2 Å². The first-order valence-electron chi connectivity index (χ1n) is 8.20. The summed E-state index contributed by atoms with van der Waals surface area (Å²) in [6.45, 7) is 0. The molecule has 0 unspecified atom stereocenters. The Hall–Kier alpha value is -3.37. The van der Waals surface area contributed by atoms with E-state index in [9.17, 15) is 14.7 Å². The molecule has 0 saturated carbocycles. The van der Waals surface area contributed by atoms with E-state index in [1.807, 2.05) is 36.4 Å². The molecular weight excluding hydrogens is 362 g/mol. The van der Waals surface area contributed by atoms with Crippen LogP contribution in [0.4, 0.5) is 5.69 Å². The summed E-state index contributed by atoms with van der Waals surface area (Å²) >= 11 is 5.92. The number of hydrogen-bond donors (Lipinski definition) is 2. The summed E-state index contributed by atoms with van der Waals surface area (Å²) < 4.78 is 0. The molecule has 0 saturated heterocycles. The van der Waals surface area contributed by atoms with Crippen molar-refractivity contribution in [2.24, 2.45) is 0 Å². The Labute approximate surface area is 161 Å². The van der Waals surface area contributed by atoms with E-state index in [-0.39, 0.29) is 11.3 Å². The van der Waals surface area contributed by atoms with E-state index in [0.717, 1.165) is 16.7 Å². The fraction of sp³-hybridized carbons (Fsp3) is 0. The molecule has 2 N–H and O–H groups in total. The highest BCUT2D eigenvalue weighted by molar-refractivity contribution is 6.30. The molecule has 0 bridgehead atoms. The van der Waals surface area contributed by atoms with Crippen molar-refractivity contribution in [1.29, 1.82) is 0 Å². The summed E-state index contributed by atoms with van der Waals surface area (Å²) in [6.07, 6.45) is 2.95. The van der Waals surface area contributed by atoms with E-state index in [1.165, 1.54) is 12.1 Å². The number of amides is 1. The third-order valence-corrected chi connectivity index (χ3v) is 4.13. The van der Waals surface area contributed by atoms with Gasteiger partial charge in [-0.3, -0.25) is 4.79 Å². The average molecular weight is 378 g/mol. The lowest BCUT2D eigenvalue weighted by Gasteiger charge is -2.10. The molecule has 0 aromatic heterocycles. The van der Waals surface area contributed by atoms with Gasteiger partial charge in [-0.2, -0.15) is 0 Å². The summed E-state index contributed by atoms with van der Waals surface area (Å²) in [6, 6.07) is 21.5. The molecule has 0 radical (unpaired) electrons. The number of carbonyl (C=O) groups is 2. The molecule has 0 spiro atoms. The Kier molecular flexibility index (Phi) is 5.69. The normalized spacial score (nSPS) is 10.7. The predicted octanol–water partition coefficient (Wildman–Crippen LogP) is 5.36. The van der Waals surface area contributed by atoms with E-state index in [1.54, 1.807) is 36.4 Å². The molecule has 27 heavy (non-hydrogen) atoms. The number of benzene rings is 3. The van der Waals surface area contributed by atoms with Crippen LogP contribution < -0.4 is 5.32 Å². The van der Waals surface area contributed by atoms with Crippen molar-refractivity contribution in [2.45, 2.75) is 0 Å². The van der Waals surface area contributed by atoms with Gasteiger partial charge in [-0.15, -0.1) is 0 Å². The Morgan fingerprint density at radius 1 is 0.889 bits per heavy atom. The number of aromatic carboxylic acids is 1. The van der Waals surface area contributed by atoms with Crippen molar-refractivity contribution in [3.8, 4) is 11.1 Å². The molecule has 0 aliphatic carbocycles. The van der Waals surface area contributed by atoms with E-state index in [2.05, 4.69) is 5.32 Å². The largest absolute Gasteiger partial charge is 0.478 e. The van der Waals surface area contributed by atoms with Gasteiger partial charge in [0.05, 0.1) is 11.3 Å². The second-order valence-electron chi connectivity index (χ2n) is 5.81. The average Bonchev–Trinajstić information content (AvgIpc) is 2.67. The first kappa shape index (κ1) is 18.4. The number of carbonyl (C=O) groups excluding carboxylic acids is 1. The van der Waals surface area contributed by atoms with Crippen LogP contribution >= 0.6 is 11.6 Å². The first-order valence-corrected chi connectivity index (χ1v) is 8.58. The van der Waals surface area contributed by atoms with Crippen LogP contribution in [-0.2, 0) is 4.79 Å². The molecule has 3 aromatic rings. The molecule has 0 heterocycles. The summed E-state index contributed by atoms with van der Waals surface area (Å²) in [5.41, 5.74) is 2.78. The fourth-order valence-electron chi connectivity index (χ4n) is 2.60. The van der Waals surface area contributed by atoms with Gasteiger partial charge in [-0.1, -0.05) is 60.1 Å². The molecular formula is C22H16ClNO3. The molecule has 134 valence electrons. The van der Waals surface area contributed by atoms with Crippen LogP contribution in [0.1, 0.15) is 15.9 Å². The number of carboxylic acids is 1. The van der Waals surface area contributed by atoms with Gasteiger partial charge in [0.2, 0.25) is 5.91 Å². The van der Waals surface area contributed by atoms with E-state index in [0.29, 0.717) is 5.02 Å². The molecule has 5 heteroatoms. The molecule has 4 nitrogen and oxygen atoms in total. The molecule has 3 rings (SSSR count). The second-order valence-corrected chi connectivity index (χ2v) is 6.25. The van der Waals surface area contributed by atoms with Crippen molar-refractivity contribution >= 4 is 35.2 Å². The van der Waals surface area contributed by atoms with Gasteiger partial charge in [0, 0.05) is 11.1 Å². The van der Waals surface area contributed by atoms with Crippen molar-refractivity contribution in [3.63, 3.8) is 0 Å². The monoisotopic (exact) mass is 377 g/mol. The molecule has 0 fully saturated rings. The first-order chi connectivity index (χ1) is 13.0. The highest BCUT2D eigenvalue weighted by Crippen LogP contribution is 2.26. The zero-order valence-electron chi connectivity index (χ0n) is 14.2. The maximum atomic E-state index is 12.3. The lowest BCUT2D eigenvalue weighted by molar-refractivity contribution is -0.111. The number of nitrogens with one attached hydrogen (secondary N) is 1. The summed E-state index contributed by atoms with van der Waals surface area (Å²) in [4.78, 5) is 23.8. The van der Waals surface area contributed by atoms with Gasteiger partial charge in [0.25, 0.3) is 0 Å². The summed E-state index contributed by atoms with van der Waals surface area (Å²) in [5.74, 6) is -1.54. The van der Waals surface area contributed by atoms with Crippen LogP contribution in [0.3, 0.4) is 0 Å². The predicted molar refractivity (Wildman–Crippen MR) is 108 cm³/mol. The zero-order valence-corrected chi connectivity index (χ0v) is 15.0. The molecule has 0 aliphatic heterocycles. The van der Waals surface area contributed by atoms with Crippen molar-refractivity contribution in [1.82, 2.24) is 0 Å². The minimum Gasteiger partial charge on any atom is -0.478 e. The zero-order chi connectivity index (χ0) is 19.2. The van der Waals surface area contributed by atoms with Crippen LogP contribution in [0.5, 0.6) is 0 Å². The van der Waals surface area contributed by atoms with Crippen molar-refractivity contribution in [2.75, 3.05) is 5.32 Å². The number of hydrogen-bond acceptors (Lipinski definition) is 2. The third-order valence-electron chi connectivity index (χ3n) is 3.89. The van der Waals surface area contributed by atoms with Crippen LogP contribution in [-0.4, -0.2) is 17.0 Å². The smallest absolute Gasteiger partial charge is 0.337 e. The van der Waals surface area contributed by atoms with Gasteiger partial charge in [-0.05, 0) is 47.0 Å². The quantitative estimate of drug-likeness (QED) is 0.588. The lowest BCUT2D eigenvalue weighted by atomic mass is 10.0. The Morgan fingerprint density at radius 3 is 2.37 bits per heavy atom. The van der Waals surface area contributed by atoms with Gasteiger partial charge in [-0.25, -0.2) is 4.79 Å². The molecule has 3 aromatic carbocycles. The van der Waals surface area contributed by atoms with Crippen molar-refractivity contribution in [3.05, 3.63) is 95.0 Å². The minimum absolute atomic E-state index is 0.0270. The van der Waals surface area contributed by atoms with Gasteiger partial charge in [0.15, 0.2) is 0 Å². The van der Waals surface area contributed by atoms with Crippen LogP contribution in [0, 0.1) is 0 Å². The van der Waals surface area contributed by atoms with Gasteiger partial charge >= 0.3 is 5.97 Å². The molecule has 0 atom stereocenters. The standard InChI is InChI=1S/C22H16ClNO3/c23-18-8-4-5-15(13-18)9-12-21(25)24-20-14-17(10-11-19(20)22(26)27)16-6-2-1-3-7-16/h1-14H,(H,24,25)(H,26,27)/b12-9+. The van der Waals surface area contributed by atoms with Crippen LogP contribution in [0.15, 0.2) is 78.9 Å². The summed E-state index contributed by atoms with van der Waals surface area (Å²) in [5, 5.41) is 12.6. The van der Waals surface area contributed by atoms with Crippen LogP contribution in [0.2, 0.25) is 5.02 Å². The van der Waals surface area contributed by atoms with Crippen molar-refractivity contribution < 1.29 is 14.7 Å². The fourth-order valence-corrected chi connectivity index (χ4v) is 2.80. The minimum atomic E-state index is -1.11. The maximum absolute atomic E-state index is 12.3. The Bertz CT molecular complexity index is 1010. The highest BCUT2D eigenvalue weighted by atomic mass is 35.5. The SMILES string of the molecule is O=C(/C=C/c1cccc(Cl)c1)Nc1cc(-c2ccccc2)ccc1C(=O)O. The molecule has 0 aliphatic rings. The number of carboxylic acid groups (broad SMARTS) is 1. The van der Waals surface area contributed by atoms with E-state index < -0.39 is 11.9 Å². The van der Waals surface area contributed by atoms with E-state index in [4.69, 9.17) is 11.6 Å².